The molecule has 5 heteroatoms. The summed E-state index contributed by atoms with van der Waals surface area (Å²) in [4.78, 5) is 27.6. The van der Waals surface area contributed by atoms with Crippen molar-refractivity contribution in [3.8, 4) is 0 Å². The van der Waals surface area contributed by atoms with E-state index in [4.69, 9.17) is 0 Å². The van der Waals surface area contributed by atoms with Gasteiger partial charge in [0.25, 0.3) is 5.91 Å². The predicted octanol–water partition coefficient (Wildman–Crippen LogP) is 0.0564. The van der Waals surface area contributed by atoms with Crippen molar-refractivity contribution in [1.29, 1.82) is 0 Å². The molecule has 0 bridgehead atoms. The number of nitrogens with one attached hydrogen (secondary N) is 2. The van der Waals surface area contributed by atoms with Crippen LogP contribution in [0, 0.1) is 5.92 Å². The van der Waals surface area contributed by atoms with Gasteiger partial charge in [-0.2, -0.15) is 0 Å². The number of carbonyl (C=O) groups is 1. The number of aromatic amines is 1. The summed E-state index contributed by atoms with van der Waals surface area (Å²) >= 11 is 0. The number of hydrogen-bond acceptors (Lipinski definition) is 3. The van der Waals surface area contributed by atoms with E-state index in [2.05, 4.69) is 10.3 Å². The molecule has 1 unspecified atom stereocenters. The summed E-state index contributed by atoms with van der Waals surface area (Å²) in [6, 6.07) is 4.66. The molecule has 5 nitrogen and oxygen atoms in total. The van der Waals surface area contributed by atoms with Gasteiger partial charge in [-0.15, -0.1) is 0 Å². The zero-order valence-electron chi connectivity index (χ0n) is 9.90. The minimum atomic E-state index is -0.234. The Morgan fingerprint density at radius 1 is 1.59 bits per heavy atom. The SMILES string of the molecule is CNCC1CCN(C(=O)c2cccc(=O)[nH]2)C1. The third-order valence-corrected chi connectivity index (χ3v) is 3.06. The van der Waals surface area contributed by atoms with Gasteiger partial charge in [-0.05, 0) is 32.0 Å². The Morgan fingerprint density at radius 2 is 2.41 bits per heavy atom. The van der Waals surface area contributed by atoms with Crippen LogP contribution in [0.3, 0.4) is 0 Å². The van der Waals surface area contributed by atoms with Crippen molar-refractivity contribution < 1.29 is 4.79 Å². The van der Waals surface area contributed by atoms with Crippen LogP contribution in [0.5, 0.6) is 0 Å². The zero-order valence-corrected chi connectivity index (χ0v) is 9.90. The third-order valence-electron chi connectivity index (χ3n) is 3.06. The smallest absolute Gasteiger partial charge is 0.270 e. The molecule has 1 atom stereocenters. The second-order valence-electron chi connectivity index (χ2n) is 4.39. The second kappa shape index (κ2) is 5.14. The first-order chi connectivity index (χ1) is 8.20. The molecular weight excluding hydrogens is 218 g/mol. The first-order valence-electron chi connectivity index (χ1n) is 5.84. The molecule has 1 aliphatic rings. The lowest BCUT2D eigenvalue weighted by Gasteiger charge is -2.16. The fourth-order valence-electron chi connectivity index (χ4n) is 2.22. The predicted molar refractivity (Wildman–Crippen MR) is 65.0 cm³/mol. The quantitative estimate of drug-likeness (QED) is 0.778. The topological polar surface area (TPSA) is 65.2 Å². The van der Waals surface area contributed by atoms with E-state index in [0.29, 0.717) is 11.6 Å². The van der Waals surface area contributed by atoms with Crippen LogP contribution in [0.2, 0.25) is 0 Å². The summed E-state index contributed by atoms with van der Waals surface area (Å²) in [5, 5.41) is 3.12. The minimum absolute atomic E-state index is 0.0821. The van der Waals surface area contributed by atoms with Crippen LogP contribution in [0.1, 0.15) is 16.9 Å². The summed E-state index contributed by atoms with van der Waals surface area (Å²) in [7, 11) is 1.92. The van der Waals surface area contributed by atoms with E-state index in [9.17, 15) is 9.59 Å². The molecule has 0 aromatic carbocycles. The van der Waals surface area contributed by atoms with Gasteiger partial charge in [-0.25, -0.2) is 0 Å². The Kier molecular flexibility index (Phi) is 3.58. The van der Waals surface area contributed by atoms with Gasteiger partial charge >= 0.3 is 0 Å². The van der Waals surface area contributed by atoms with Gasteiger partial charge in [0.05, 0.1) is 0 Å². The highest BCUT2D eigenvalue weighted by Gasteiger charge is 2.26. The van der Waals surface area contributed by atoms with E-state index in [1.54, 1.807) is 17.0 Å². The molecule has 2 rings (SSSR count). The Balaban J connectivity index is 2.04. The fourth-order valence-corrected chi connectivity index (χ4v) is 2.22. The minimum Gasteiger partial charge on any atom is -0.337 e. The first-order valence-corrected chi connectivity index (χ1v) is 5.84. The molecule has 0 radical (unpaired) electrons. The lowest BCUT2D eigenvalue weighted by molar-refractivity contribution is 0.0781. The zero-order chi connectivity index (χ0) is 12.3. The van der Waals surface area contributed by atoms with Crippen LogP contribution in [0.15, 0.2) is 23.0 Å². The van der Waals surface area contributed by atoms with Gasteiger partial charge in [-0.3, -0.25) is 9.59 Å². The summed E-state index contributed by atoms with van der Waals surface area (Å²) in [6.45, 7) is 2.45. The van der Waals surface area contributed by atoms with Crippen molar-refractivity contribution in [2.75, 3.05) is 26.7 Å². The highest BCUT2D eigenvalue weighted by atomic mass is 16.2. The van der Waals surface area contributed by atoms with Crippen molar-refractivity contribution in [2.45, 2.75) is 6.42 Å². The molecule has 0 aliphatic carbocycles. The van der Waals surface area contributed by atoms with Gasteiger partial charge in [0.2, 0.25) is 5.56 Å². The molecule has 1 amide bonds. The van der Waals surface area contributed by atoms with Gasteiger partial charge in [0, 0.05) is 19.2 Å². The number of pyridine rings is 1. The average Bonchev–Trinajstić information content (AvgIpc) is 2.77. The molecular formula is C12H17N3O2. The van der Waals surface area contributed by atoms with Crippen LogP contribution < -0.4 is 10.9 Å². The monoisotopic (exact) mass is 235 g/mol. The third kappa shape index (κ3) is 2.74. The number of nitrogens with zero attached hydrogens (tertiary/aromatic N) is 1. The molecule has 1 aromatic rings. The lowest BCUT2D eigenvalue weighted by atomic mass is 10.1. The summed E-state index contributed by atoms with van der Waals surface area (Å²) in [6.07, 6.45) is 1.02. The van der Waals surface area contributed by atoms with Crippen molar-refractivity contribution in [3.63, 3.8) is 0 Å². The number of amides is 1. The highest BCUT2D eigenvalue weighted by Crippen LogP contribution is 2.16. The van der Waals surface area contributed by atoms with Crippen LogP contribution in [0.4, 0.5) is 0 Å². The lowest BCUT2D eigenvalue weighted by Crippen LogP contribution is -2.31. The number of aromatic nitrogens is 1. The summed E-state index contributed by atoms with van der Waals surface area (Å²) < 4.78 is 0. The van der Waals surface area contributed by atoms with Gasteiger partial charge in [-0.1, -0.05) is 6.07 Å². The van der Waals surface area contributed by atoms with Gasteiger partial charge < -0.3 is 15.2 Å². The molecule has 1 fully saturated rings. The first kappa shape index (κ1) is 11.9. The Morgan fingerprint density at radius 3 is 3.12 bits per heavy atom. The molecule has 1 saturated heterocycles. The van der Waals surface area contributed by atoms with E-state index in [0.717, 1.165) is 26.1 Å². The van der Waals surface area contributed by atoms with Crippen molar-refractivity contribution in [3.05, 3.63) is 34.2 Å². The standard InChI is InChI=1S/C12H17N3O2/c1-13-7-9-5-6-15(8-9)12(17)10-3-2-4-11(16)14-10/h2-4,9,13H,5-8H2,1H3,(H,14,16). The number of H-pyrrole nitrogens is 1. The molecule has 2 heterocycles. The van der Waals surface area contributed by atoms with Crippen LogP contribution in [-0.2, 0) is 0 Å². The van der Waals surface area contributed by atoms with Gasteiger partial charge in [0.1, 0.15) is 5.69 Å². The van der Waals surface area contributed by atoms with Crippen LogP contribution in [0.25, 0.3) is 0 Å². The number of rotatable bonds is 3. The van der Waals surface area contributed by atoms with Crippen LogP contribution in [-0.4, -0.2) is 42.5 Å². The molecule has 2 N–H and O–H groups in total. The van der Waals surface area contributed by atoms with E-state index in [-0.39, 0.29) is 11.5 Å². The van der Waals surface area contributed by atoms with E-state index >= 15 is 0 Å². The normalized spacial score (nSPS) is 19.6. The molecule has 1 aliphatic heterocycles. The molecule has 92 valence electrons. The summed E-state index contributed by atoms with van der Waals surface area (Å²) in [5.74, 6) is 0.431. The molecule has 1 aromatic heterocycles. The molecule has 0 saturated carbocycles. The number of carbonyl (C=O) groups excluding carboxylic acids is 1. The van der Waals surface area contributed by atoms with Gasteiger partial charge in [0.15, 0.2) is 0 Å². The Labute approximate surface area is 99.8 Å². The van der Waals surface area contributed by atoms with Crippen molar-refractivity contribution in [2.24, 2.45) is 5.92 Å². The maximum Gasteiger partial charge on any atom is 0.270 e. The van der Waals surface area contributed by atoms with E-state index in [1.165, 1.54) is 6.07 Å². The second-order valence-corrected chi connectivity index (χ2v) is 4.39. The van der Waals surface area contributed by atoms with Crippen molar-refractivity contribution >= 4 is 5.91 Å². The Hall–Kier alpha value is -1.62. The molecule has 0 spiro atoms. The number of hydrogen-bond donors (Lipinski definition) is 2. The Bertz CT molecular complexity index is 455. The van der Waals surface area contributed by atoms with Crippen LogP contribution >= 0.6 is 0 Å². The summed E-state index contributed by atoms with van der Waals surface area (Å²) in [5.41, 5.74) is 0.143. The number of likely N-dealkylation sites (tertiary alicyclic amines) is 1. The van der Waals surface area contributed by atoms with E-state index in [1.807, 2.05) is 7.05 Å². The maximum atomic E-state index is 12.1. The van der Waals surface area contributed by atoms with E-state index < -0.39 is 0 Å². The average molecular weight is 235 g/mol. The molecule has 17 heavy (non-hydrogen) atoms. The van der Waals surface area contributed by atoms with Crippen molar-refractivity contribution in [1.82, 2.24) is 15.2 Å². The largest absolute Gasteiger partial charge is 0.337 e. The fraction of sp³-hybridized carbons (Fsp3) is 0.500. The highest BCUT2D eigenvalue weighted by molar-refractivity contribution is 5.92. The maximum absolute atomic E-state index is 12.1.